The average Bonchev–Trinajstić information content (AvgIpc) is 3.43. The fraction of sp³-hybridized carbons (Fsp3) is 0.286. The van der Waals surface area contributed by atoms with Gasteiger partial charge < -0.3 is 14.8 Å². The molecule has 32 heavy (non-hydrogen) atoms. The first-order chi connectivity index (χ1) is 15.5. The molecule has 0 saturated heterocycles. The predicted octanol–water partition coefficient (Wildman–Crippen LogP) is 3.54. The highest BCUT2D eigenvalue weighted by Gasteiger charge is 2.18. The normalized spacial score (nSPS) is 12.8. The number of ether oxygens (including phenoxy) is 2. The largest absolute Gasteiger partial charge is 0.486 e. The first kappa shape index (κ1) is 20.7. The summed E-state index contributed by atoms with van der Waals surface area (Å²) in [6.07, 6.45) is 2.09. The highest BCUT2D eigenvalue weighted by molar-refractivity contribution is 7.98. The Bertz CT molecular complexity index is 1330. The lowest BCUT2D eigenvalue weighted by Gasteiger charge is -2.18. The molecule has 1 aliphatic rings. The Labute approximate surface area is 192 Å². The Kier molecular flexibility index (Phi) is 5.43. The molecule has 9 nitrogen and oxygen atoms in total. The molecule has 0 fully saturated rings. The Balaban J connectivity index is 1.33. The summed E-state index contributed by atoms with van der Waals surface area (Å²) in [7, 11) is 0. The van der Waals surface area contributed by atoms with Gasteiger partial charge in [-0.05, 0) is 38.3 Å². The molecule has 4 aromatic rings. The number of hydrogen-bond acceptors (Lipinski definition) is 9. The summed E-state index contributed by atoms with van der Waals surface area (Å²) in [5.41, 5.74) is 4.12. The molecule has 1 amide bonds. The number of rotatable bonds is 5. The monoisotopic (exact) mass is 468 g/mol. The number of carbonyl (C=O) groups excluding carboxylic acids is 1. The van der Waals surface area contributed by atoms with Gasteiger partial charge in [-0.15, -0.1) is 16.4 Å². The maximum Gasteiger partial charge on any atom is 0.253 e. The van der Waals surface area contributed by atoms with E-state index in [9.17, 15) is 4.79 Å². The Morgan fingerprint density at radius 3 is 2.81 bits per heavy atom. The van der Waals surface area contributed by atoms with Crippen LogP contribution in [-0.2, 0) is 11.2 Å². The van der Waals surface area contributed by atoms with Crippen molar-refractivity contribution in [3.05, 3.63) is 40.5 Å². The molecule has 11 heteroatoms. The molecule has 0 atom stereocenters. The van der Waals surface area contributed by atoms with Crippen molar-refractivity contribution in [2.75, 3.05) is 24.8 Å². The van der Waals surface area contributed by atoms with Gasteiger partial charge in [0.25, 0.3) is 5.78 Å². The summed E-state index contributed by atoms with van der Waals surface area (Å²) >= 11 is 2.83. The average molecular weight is 469 g/mol. The molecule has 0 spiro atoms. The summed E-state index contributed by atoms with van der Waals surface area (Å²) < 4.78 is 12.9. The molecule has 1 N–H and O–H groups in total. The van der Waals surface area contributed by atoms with Crippen LogP contribution in [0.3, 0.4) is 0 Å². The zero-order chi connectivity index (χ0) is 22.2. The second kappa shape index (κ2) is 8.40. The number of thioether (sulfide) groups is 1. The predicted molar refractivity (Wildman–Crippen MR) is 123 cm³/mol. The molecule has 1 aliphatic heterocycles. The van der Waals surface area contributed by atoms with Gasteiger partial charge in [0.15, 0.2) is 16.6 Å². The number of carbonyl (C=O) groups is 1. The Morgan fingerprint density at radius 2 is 2.00 bits per heavy atom. The van der Waals surface area contributed by atoms with Crippen LogP contribution in [0.25, 0.3) is 17.0 Å². The summed E-state index contributed by atoms with van der Waals surface area (Å²) in [6.45, 7) is 4.89. The lowest BCUT2D eigenvalue weighted by molar-refractivity contribution is -0.115. The molecule has 164 valence electrons. The standard InChI is InChI=1S/C21H20N6O3S2/c1-11-14(12(2)27-19(22-11)25-21(26-27)31-3)9-18(28)24-20-23-15(10-32-20)13-4-5-16-17(8-13)30-7-6-29-16/h4-5,8,10H,6-7,9H2,1-3H3,(H,23,24,28). The zero-order valence-corrected chi connectivity index (χ0v) is 19.3. The van der Waals surface area contributed by atoms with E-state index in [1.165, 1.54) is 23.1 Å². The van der Waals surface area contributed by atoms with E-state index >= 15 is 0 Å². The van der Waals surface area contributed by atoms with E-state index in [1.54, 1.807) is 4.52 Å². The minimum Gasteiger partial charge on any atom is -0.486 e. The number of thiazole rings is 1. The molecule has 0 radical (unpaired) electrons. The molecule has 5 rings (SSSR count). The highest BCUT2D eigenvalue weighted by Crippen LogP contribution is 2.35. The van der Waals surface area contributed by atoms with Crippen molar-refractivity contribution >= 4 is 39.9 Å². The first-order valence-corrected chi connectivity index (χ1v) is 12.0. The van der Waals surface area contributed by atoms with Crippen LogP contribution in [0.2, 0.25) is 0 Å². The van der Waals surface area contributed by atoms with Gasteiger partial charge in [-0.1, -0.05) is 11.8 Å². The fourth-order valence-corrected chi connectivity index (χ4v) is 4.59. The SMILES string of the molecule is CSc1nc2nc(C)c(CC(=O)Nc3nc(-c4ccc5c(c4)OCCO5)cs3)c(C)n2n1. The van der Waals surface area contributed by atoms with Crippen LogP contribution in [0.4, 0.5) is 5.13 Å². The molecule has 0 aliphatic carbocycles. The van der Waals surface area contributed by atoms with Crippen molar-refractivity contribution in [2.24, 2.45) is 0 Å². The van der Waals surface area contributed by atoms with E-state index in [0.717, 1.165) is 34.0 Å². The number of fused-ring (bicyclic) bond motifs is 2. The van der Waals surface area contributed by atoms with E-state index in [4.69, 9.17) is 9.47 Å². The van der Waals surface area contributed by atoms with Crippen molar-refractivity contribution in [3.8, 4) is 22.8 Å². The third-order valence-electron chi connectivity index (χ3n) is 5.14. The second-order valence-corrected chi connectivity index (χ2v) is 8.82. The maximum atomic E-state index is 12.8. The fourth-order valence-electron chi connectivity index (χ4n) is 3.52. The number of anilines is 1. The molecule has 0 unspecified atom stereocenters. The van der Waals surface area contributed by atoms with Crippen LogP contribution >= 0.6 is 23.1 Å². The van der Waals surface area contributed by atoms with Gasteiger partial charge in [-0.25, -0.2) is 14.5 Å². The van der Waals surface area contributed by atoms with Crippen LogP contribution in [-0.4, -0.2) is 49.9 Å². The molecule has 0 saturated carbocycles. The van der Waals surface area contributed by atoms with Crippen LogP contribution in [0, 0.1) is 13.8 Å². The Hall–Kier alpha value is -3.18. The van der Waals surface area contributed by atoms with Crippen LogP contribution < -0.4 is 14.8 Å². The number of amides is 1. The summed E-state index contributed by atoms with van der Waals surface area (Å²) in [5.74, 6) is 1.82. The minimum absolute atomic E-state index is 0.161. The lowest BCUT2D eigenvalue weighted by atomic mass is 10.1. The van der Waals surface area contributed by atoms with Crippen molar-refractivity contribution in [3.63, 3.8) is 0 Å². The molecule has 3 aromatic heterocycles. The van der Waals surface area contributed by atoms with Crippen molar-refractivity contribution in [1.82, 2.24) is 24.6 Å². The third kappa shape index (κ3) is 3.89. The number of nitrogens with one attached hydrogen (secondary N) is 1. The number of aryl methyl sites for hydroxylation is 2. The van der Waals surface area contributed by atoms with E-state index in [-0.39, 0.29) is 12.3 Å². The summed E-state index contributed by atoms with van der Waals surface area (Å²) in [5, 5.41) is 10.4. The van der Waals surface area contributed by atoms with Gasteiger partial charge >= 0.3 is 0 Å². The first-order valence-electron chi connectivity index (χ1n) is 9.94. The smallest absolute Gasteiger partial charge is 0.253 e. The highest BCUT2D eigenvalue weighted by atomic mass is 32.2. The molecular formula is C21H20N6O3S2. The van der Waals surface area contributed by atoms with Crippen LogP contribution in [0.15, 0.2) is 28.7 Å². The van der Waals surface area contributed by atoms with Crippen LogP contribution in [0.5, 0.6) is 11.5 Å². The van der Waals surface area contributed by atoms with Gasteiger partial charge in [0.05, 0.1) is 12.1 Å². The van der Waals surface area contributed by atoms with Gasteiger partial charge in [0.1, 0.15) is 13.2 Å². The molecule has 4 heterocycles. The number of aromatic nitrogens is 5. The van der Waals surface area contributed by atoms with E-state index in [0.29, 0.717) is 35.0 Å². The van der Waals surface area contributed by atoms with Crippen molar-refractivity contribution in [1.29, 1.82) is 0 Å². The topological polar surface area (TPSA) is 104 Å². The van der Waals surface area contributed by atoms with Crippen molar-refractivity contribution < 1.29 is 14.3 Å². The summed E-state index contributed by atoms with van der Waals surface area (Å²) in [6, 6.07) is 5.72. The van der Waals surface area contributed by atoms with E-state index in [2.05, 4.69) is 25.4 Å². The maximum absolute atomic E-state index is 12.8. The number of nitrogens with zero attached hydrogens (tertiary/aromatic N) is 5. The quantitative estimate of drug-likeness (QED) is 0.444. The second-order valence-electron chi connectivity index (χ2n) is 7.19. The third-order valence-corrected chi connectivity index (χ3v) is 6.43. The minimum atomic E-state index is -0.161. The van der Waals surface area contributed by atoms with Gasteiger partial charge in [0, 0.05) is 27.9 Å². The van der Waals surface area contributed by atoms with Gasteiger partial charge in [0.2, 0.25) is 11.1 Å². The lowest BCUT2D eigenvalue weighted by Crippen LogP contribution is -2.17. The van der Waals surface area contributed by atoms with Crippen molar-refractivity contribution in [2.45, 2.75) is 25.4 Å². The number of benzene rings is 1. The molecule has 0 bridgehead atoms. The van der Waals surface area contributed by atoms with Gasteiger partial charge in [-0.2, -0.15) is 4.98 Å². The zero-order valence-electron chi connectivity index (χ0n) is 17.7. The molecular weight excluding hydrogens is 448 g/mol. The molecule has 1 aromatic carbocycles. The van der Waals surface area contributed by atoms with Gasteiger partial charge in [-0.3, -0.25) is 4.79 Å². The van der Waals surface area contributed by atoms with E-state index < -0.39 is 0 Å². The Morgan fingerprint density at radius 1 is 1.19 bits per heavy atom. The van der Waals surface area contributed by atoms with Crippen LogP contribution in [0.1, 0.15) is 17.0 Å². The summed E-state index contributed by atoms with van der Waals surface area (Å²) in [4.78, 5) is 26.2. The van der Waals surface area contributed by atoms with E-state index in [1.807, 2.05) is 43.7 Å². The number of hydrogen-bond donors (Lipinski definition) is 1.